The van der Waals surface area contributed by atoms with Crippen LogP contribution < -0.4 is 9.47 Å². The van der Waals surface area contributed by atoms with Crippen molar-refractivity contribution in [2.75, 3.05) is 0 Å². The van der Waals surface area contributed by atoms with Crippen LogP contribution in [0.3, 0.4) is 0 Å². The Balaban J connectivity index is 0.976. The molecule has 0 amide bonds. The summed E-state index contributed by atoms with van der Waals surface area (Å²) in [6.07, 6.45) is 1.75. The minimum Gasteiger partial charge on any atom is -0.449 e. The van der Waals surface area contributed by atoms with E-state index in [1.807, 2.05) is 66.7 Å². The van der Waals surface area contributed by atoms with Crippen molar-refractivity contribution in [2.45, 2.75) is 5.41 Å². The average molecular weight is 733 g/mol. The summed E-state index contributed by atoms with van der Waals surface area (Å²) in [7, 11) is 0. The Morgan fingerprint density at radius 1 is 0.386 bits per heavy atom. The van der Waals surface area contributed by atoms with Gasteiger partial charge >= 0.3 is 0 Å². The zero-order valence-corrected chi connectivity index (χ0v) is 30.6. The molecule has 0 atom stereocenters. The summed E-state index contributed by atoms with van der Waals surface area (Å²) in [5.41, 5.74) is 10.9. The molecule has 0 fully saturated rings. The minimum absolute atomic E-state index is 0.523. The molecular weight excluding hydrogens is 701 g/mol. The van der Waals surface area contributed by atoms with Gasteiger partial charge in [-0.3, -0.25) is 4.98 Å². The molecule has 11 rings (SSSR count). The van der Waals surface area contributed by atoms with E-state index in [4.69, 9.17) is 24.4 Å². The lowest BCUT2D eigenvalue weighted by Crippen LogP contribution is -2.28. The molecule has 0 radical (unpaired) electrons. The minimum atomic E-state index is -0.532. The van der Waals surface area contributed by atoms with Crippen LogP contribution in [0.1, 0.15) is 22.3 Å². The van der Waals surface area contributed by atoms with Crippen molar-refractivity contribution in [3.63, 3.8) is 0 Å². The molecule has 2 aromatic heterocycles. The lowest BCUT2D eigenvalue weighted by Gasteiger charge is -2.34. The van der Waals surface area contributed by atoms with Crippen LogP contribution in [0.4, 0.5) is 0 Å². The number of aromatic nitrogens is 4. The third-order valence-corrected chi connectivity index (χ3v) is 11.0. The number of benzene rings is 7. The Labute approximate surface area is 329 Å². The second-order valence-electron chi connectivity index (χ2n) is 14.2. The SMILES string of the molecule is c1ccc(-c2nc(-c3ccc(-c4ccc5c(c4)Oc4c(ccc6c4-c4ccccc4C6(c4ccccc4)c4ccccc4)O5)cc3)nc(-c3ccccn3)n2)cc1. The molecule has 2 aliphatic rings. The van der Waals surface area contributed by atoms with Crippen LogP contribution in [0.15, 0.2) is 194 Å². The molecule has 57 heavy (non-hydrogen) atoms. The molecule has 9 aromatic rings. The highest BCUT2D eigenvalue weighted by atomic mass is 16.6. The Bertz CT molecular complexity index is 2840. The van der Waals surface area contributed by atoms with Gasteiger partial charge in [0.05, 0.1) is 5.41 Å². The Morgan fingerprint density at radius 2 is 0.965 bits per heavy atom. The number of rotatable bonds is 6. The normalized spacial score (nSPS) is 13.0. The lowest BCUT2D eigenvalue weighted by atomic mass is 9.68. The fraction of sp³-hybridized carbons (Fsp3) is 0.0196. The van der Waals surface area contributed by atoms with Gasteiger partial charge in [-0.05, 0) is 69.3 Å². The smallest absolute Gasteiger partial charge is 0.182 e. The van der Waals surface area contributed by atoms with E-state index in [2.05, 4.69) is 126 Å². The third-order valence-electron chi connectivity index (χ3n) is 11.0. The van der Waals surface area contributed by atoms with Crippen molar-refractivity contribution < 1.29 is 9.47 Å². The molecule has 3 heterocycles. The van der Waals surface area contributed by atoms with Crippen LogP contribution in [0, 0.1) is 0 Å². The van der Waals surface area contributed by atoms with Gasteiger partial charge in [0.15, 0.2) is 40.5 Å². The molecule has 0 unspecified atom stereocenters. The predicted octanol–water partition coefficient (Wildman–Crippen LogP) is 12.2. The van der Waals surface area contributed by atoms with Gasteiger partial charge in [0.2, 0.25) is 0 Å². The molecule has 0 N–H and O–H groups in total. The fourth-order valence-electron chi connectivity index (χ4n) is 8.39. The maximum Gasteiger partial charge on any atom is 0.182 e. The largest absolute Gasteiger partial charge is 0.449 e. The summed E-state index contributed by atoms with van der Waals surface area (Å²) in [5, 5.41) is 0. The first-order valence-corrected chi connectivity index (χ1v) is 19.0. The van der Waals surface area contributed by atoms with Crippen molar-refractivity contribution in [3.8, 4) is 79.5 Å². The highest BCUT2D eigenvalue weighted by molar-refractivity contribution is 5.92. The first kappa shape index (κ1) is 32.7. The van der Waals surface area contributed by atoms with E-state index in [0.717, 1.165) is 39.1 Å². The molecule has 0 bridgehead atoms. The van der Waals surface area contributed by atoms with Crippen LogP contribution in [0.25, 0.3) is 56.5 Å². The molecule has 6 nitrogen and oxygen atoms in total. The number of hydrogen-bond acceptors (Lipinski definition) is 6. The number of nitrogens with zero attached hydrogens (tertiary/aromatic N) is 4. The van der Waals surface area contributed by atoms with E-state index in [9.17, 15) is 0 Å². The second-order valence-corrected chi connectivity index (χ2v) is 14.2. The number of fused-ring (bicyclic) bond motifs is 6. The third kappa shape index (κ3) is 5.34. The number of ether oxygens (including phenoxy) is 2. The van der Waals surface area contributed by atoms with Gasteiger partial charge in [0, 0.05) is 22.9 Å². The summed E-state index contributed by atoms with van der Waals surface area (Å²) in [6.45, 7) is 0. The van der Waals surface area contributed by atoms with Crippen molar-refractivity contribution in [1.29, 1.82) is 0 Å². The van der Waals surface area contributed by atoms with E-state index in [-0.39, 0.29) is 0 Å². The van der Waals surface area contributed by atoms with E-state index in [1.54, 1.807) is 6.20 Å². The lowest BCUT2D eigenvalue weighted by molar-refractivity contribution is 0.360. The van der Waals surface area contributed by atoms with Crippen LogP contribution in [-0.2, 0) is 5.41 Å². The maximum absolute atomic E-state index is 6.95. The first-order valence-electron chi connectivity index (χ1n) is 19.0. The molecule has 268 valence electrons. The predicted molar refractivity (Wildman–Crippen MR) is 223 cm³/mol. The molecule has 1 aliphatic heterocycles. The van der Waals surface area contributed by atoms with E-state index in [1.165, 1.54) is 22.3 Å². The molecule has 0 spiro atoms. The van der Waals surface area contributed by atoms with Crippen molar-refractivity contribution in [3.05, 3.63) is 217 Å². The molecular formula is C51H32N4O2. The Morgan fingerprint density at radius 3 is 1.67 bits per heavy atom. The zero-order valence-electron chi connectivity index (χ0n) is 30.6. The Hall–Kier alpha value is -7.70. The second kappa shape index (κ2) is 13.3. The van der Waals surface area contributed by atoms with Gasteiger partial charge in [0.1, 0.15) is 5.69 Å². The Kier molecular flexibility index (Phi) is 7.60. The van der Waals surface area contributed by atoms with Gasteiger partial charge in [-0.25, -0.2) is 15.0 Å². The molecule has 1 aliphatic carbocycles. The van der Waals surface area contributed by atoms with Crippen LogP contribution in [-0.4, -0.2) is 19.9 Å². The summed E-state index contributed by atoms with van der Waals surface area (Å²) < 4.78 is 13.6. The van der Waals surface area contributed by atoms with Gasteiger partial charge in [0.25, 0.3) is 0 Å². The van der Waals surface area contributed by atoms with Gasteiger partial charge in [-0.1, -0.05) is 158 Å². The monoisotopic (exact) mass is 732 g/mol. The standard InChI is InChI=1S/C51H32N4O2/c1-4-14-34(15-5-1)48-53-49(55-50(54-48)42-22-12-13-31-52-42)35-25-23-33(24-26-35)36-27-29-43-45(32-36)57-47-44(56-43)30-28-41-46(47)39-20-10-11-21-40(39)51(41,37-16-6-2-7-17-37)38-18-8-3-9-19-38/h1-32H. The van der Waals surface area contributed by atoms with E-state index < -0.39 is 5.41 Å². The summed E-state index contributed by atoms with van der Waals surface area (Å²) in [4.78, 5) is 19.0. The summed E-state index contributed by atoms with van der Waals surface area (Å²) >= 11 is 0. The van der Waals surface area contributed by atoms with Crippen molar-refractivity contribution in [1.82, 2.24) is 19.9 Å². The quantitative estimate of drug-likeness (QED) is 0.169. The van der Waals surface area contributed by atoms with Crippen LogP contribution >= 0.6 is 0 Å². The number of hydrogen-bond donors (Lipinski definition) is 0. The molecule has 0 saturated carbocycles. The van der Waals surface area contributed by atoms with Gasteiger partial charge in [-0.2, -0.15) is 0 Å². The average Bonchev–Trinajstić information content (AvgIpc) is 3.61. The topological polar surface area (TPSA) is 70.0 Å². The zero-order chi connectivity index (χ0) is 37.8. The summed E-state index contributed by atoms with van der Waals surface area (Å²) in [5.74, 6) is 4.45. The molecule has 6 heteroatoms. The van der Waals surface area contributed by atoms with Crippen LogP contribution in [0.5, 0.6) is 23.0 Å². The van der Waals surface area contributed by atoms with Crippen molar-refractivity contribution >= 4 is 0 Å². The van der Waals surface area contributed by atoms with Crippen molar-refractivity contribution in [2.24, 2.45) is 0 Å². The maximum atomic E-state index is 6.95. The van der Waals surface area contributed by atoms with E-state index in [0.29, 0.717) is 40.4 Å². The first-order chi connectivity index (χ1) is 28.2. The summed E-state index contributed by atoms with van der Waals surface area (Å²) in [6, 6.07) is 64.5. The molecule has 0 saturated heterocycles. The highest BCUT2D eigenvalue weighted by Crippen LogP contribution is 2.62. The van der Waals surface area contributed by atoms with E-state index >= 15 is 0 Å². The number of pyridine rings is 1. The molecule has 7 aromatic carbocycles. The van der Waals surface area contributed by atoms with Gasteiger partial charge < -0.3 is 9.47 Å². The highest BCUT2D eigenvalue weighted by Gasteiger charge is 2.48. The fourth-order valence-corrected chi connectivity index (χ4v) is 8.39. The van der Waals surface area contributed by atoms with Crippen LogP contribution in [0.2, 0.25) is 0 Å². The van der Waals surface area contributed by atoms with Gasteiger partial charge in [-0.15, -0.1) is 0 Å².